The van der Waals surface area contributed by atoms with Crippen molar-refractivity contribution in [3.63, 3.8) is 0 Å². The summed E-state index contributed by atoms with van der Waals surface area (Å²) in [6.45, 7) is 3.09. The van der Waals surface area contributed by atoms with Crippen LogP contribution in [0.3, 0.4) is 0 Å². The molecule has 1 N–H and O–H groups in total. The molecular formula is C15H26N2O2S. The van der Waals surface area contributed by atoms with E-state index in [1.165, 1.54) is 30.0 Å². The lowest BCUT2D eigenvalue weighted by atomic mass is 10.1. The SMILES string of the molecule is CCCCCCCNc1cccc(S(=O)(=O)N(C)C)c1. The zero-order valence-corrected chi connectivity index (χ0v) is 13.5. The van der Waals surface area contributed by atoms with Gasteiger partial charge in [-0.15, -0.1) is 0 Å². The summed E-state index contributed by atoms with van der Waals surface area (Å²) in [5, 5.41) is 3.29. The first-order valence-corrected chi connectivity index (χ1v) is 8.69. The van der Waals surface area contributed by atoms with Crippen molar-refractivity contribution in [2.75, 3.05) is 26.0 Å². The first kappa shape index (κ1) is 17.0. The van der Waals surface area contributed by atoms with Gasteiger partial charge in [-0.05, 0) is 24.6 Å². The molecule has 1 rings (SSSR count). The van der Waals surface area contributed by atoms with Crippen molar-refractivity contribution in [2.24, 2.45) is 0 Å². The largest absolute Gasteiger partial charge is 0.385 e. The number of benzene rings is 1. The Balaban J connectivity index is 2.53. The van der Waals surface area contributed by atoms with Gasteiger partial charge in [0.2, 0.25) is 10.0 Å². The van der Waals surface area contributed by atoms with Gasteiger partial charge in [-0.3, -0.25) is 0 Å². The Morgan fingerprint density at radius 1 is 1.10 bits per heavy atom. The highest BCUT2D eigenvalue weighted by Crippen LogP contribution is 2.18. The third-order valence-electron chi connectivity index (χ3n) is 3.22. The predicted molar refractivity (Wildman–Crippen MR) is 84.6 cm³/mol. The Morgan fingerprint density at radius 2 is 1.80 bits per heavy atom. The molecule has 4 nitrogen and oxygen atoms in total. The maximum Gasteiger partial charge on any atom is 0.242 e. The molecule has 1 aromatic carbocycles. The number of nitrogens with zero attached hydrogens (tertiary/aromatic N) is 1. The van der Waals surface area contributed by atoms with Crippen molar-refractivity contribution >= 4 is 15.7 Å². The van der Waals surface area contributed by atoms with E-state index in [0.29, 0.717) is 4.90 Å². The van der Waals surface area contributed by atoms with E-state index in [0.717, 1.165) is 18.7 Å². The van der Waals surface area contributed by atoms with Gasteiger partial charge in [0.15, 0.2) is 0 Å². The van der Waals surface area contributed by atoms with Gasteiger partial charge in [0.05, 0.1) is 4.90 Å². The minimum atomic E-state index is -3.35. The molecular weight excluding hydrogens is 272 g/mol. The Labute approximate surface area is 123 Å². The van der Waals surface area contributed by atoms with Crippen LogP contribution in [0.5, 0.6) is 0 Å². The van der Waals surface area contributed by atoms with Crippen LogP contribution in [0.15, 0.2) is 29.2 Å². The second kappa shape index (κ2) is 8.27. The van der Waals surface area contributed by atoms with Crippen LogP contribution in [0.25, 0.3) is 0 Å². The van der Waals surface area contributed by atoms with E-state index in [1.807, 2.05) is 6.07 Å². The molecule has 5 heteroatoms. The summed E-state index contributed by atoms with van der Waals surface area (Å²) in [6, 6.07) is 7.00. The molecule has 0 unspecified atom stereocenters. The molecule has 0 atom stereocenters. The van der Waals surface area contributed by atoms with Crippen molar-refractivity contribution < 1.29 is 8.42 Å². The average molecular weight is 298 g/mol. The molecule has 0 aliphatic rings. The van der Waals surface area contributed by atoms with Crippen molar-refractivity contribution in [3.8, 4) is 0 Å². The van der Waals surface area contributed by atoms with E-state index in [-0.39, 0.29) is 0 Å². The van der Waals surface area contributed by atoms with Crippen LogP contribution in [0.2, 0.25) is 0 Å². The van der Waals surface area contributed by atoms with Gasteiger partial charge in [-0.2, -0.15) is 0 Å². The van der Waals surface area contributed by atoms with E-state index >= 15 is 0 Å². The molecule has 0 fully saturated rings. The first-order valence-electron chi connectivity index (χ1n) is 7.25. The molecule has 0 saturated heterocycles. The monoisotopic (exact) mass is 298 g/mol. The van der Waals surface area contributed by atoms with Gasteiger partial charge in [-0.1, -0.05) is 38.7 Å². The number of rotatable bonds is 9. The summed E-state index contributed by atoms with van der Waals surface area (Å²) >= 11 is 0. The minimum Gasteiger partial charge on any atom is -0.385 e. The number of anilines is 1. The lowest BCUT2D eigenvalue weighted by Crippen LogP contribution is -2.22. The molecule has 0 radical (unpaired) electrons. The summed E-state index contributed by atoms with van der Waals surface area (Å²) in [5.41, 5.74) is 0.864. The quantitative estimate of drug-likeness (QED) is 0.712. The fourth-order valence-electron chi connectivity index (χ4n) is 1.94. The maximum atomic E-state index is 12.0. The van der Waals surface area contributed by atoms with Gasteiger partial charge < -0.3 is 5.32 Å². The molecule has 0 bridgehead atoms. The number of sulfonamides is 1. The normalized spacial score (nSPS) is 11.8. The molecule has 114 valence electrons. The van der Waals surface area contributed by atoms with Crippen LogP contribution < -0.4 is 5.32 Å². The van der Waals surface area contributed by atoms with Crippen LogP contribution >= 0.6 is 0 Å². The number of nitrogens with one attached hydrogen (secondary N) is 1. The highest BCUT2D eigenvalue weighted by Gasteiger charge is 2.16. The lowest BCUT2D eigenvalue weighted by Gasteiger charge is -2.13. The molecule has 1 aromatic rings. The lowest BCUT2D eigenvalue weighted by molar-refractivity contribution is 0.521. The third-order valence-corrected chi connectivity index (χ3v) is 5.03. The van der Waals surface area contributed by atoms with Crippen molar-refractivity contribution in [1.29, 1.82) is 0 Å². The molecule has 0 amide bonds. The Morgan fingerprint density at radius 3 is 2.45 bits per heavy atom. The van der Waals surface area contributed by atoms with Gasteiger partial charge >= 0.3 is 0 Å². The number of hydrogen-bond acceptors (Lipinski definition) is 3. The number of unbranched alkanes of at least 4 members (excludes halogenated alkanes) is 4. The highest BCUT2D eigenvalue weighted by atomic mass is 32.2. The van der Waals surface area contributed by atoms with Gasteiger partial charge in [0.25, 0.3) is 0 Å². The van der Waals surface area contributed by atoms with Crippen LogP contribution in [-0.4, -0.2) is 33.4 Å². The van der Waals surface area contributed by atoms with Crippen LogP contribution in [0.1, 0.15) is 39.0 Å². The highest BCUT2D eigenvalue weighted by molar-refractivity contribution is 7.89. The van der Waals surface area contributed by atoms with E-state index in [2.05, 4.69) is 12.2 Å². The average Bonchev–Trinajstić information content (AvgIpc) is 2.43. The summed E-state index contributed by atoms with van der Waals surface area (Å²) in [7, 11) is -0.259. The predicted octanol–water partition coefficient (Wildman–Crippen LogP) is 3.32. The third kappa shape index (κ3) is 5.13. The summed E-state index contributed by atoms with van der Waals surface area (Å²) in [4.78, 5) is 0.332. The molecule has 0 aliphatic carbocycles. The molecule has 0 aromatic heterocycles. The first-order chi connectivity index (χ1) is 9.48. The Kier molecular flexibility index (Phi) is 7.02. The van der Waals surface area contributed by atoms with Crippen LogP contribution in [0, 0.1) is 0 Å². The summed E-state index contributed by atoms with van der Waals surface area (Å²) < 4.78 is 25.3. The Hall–Kier alpha value is -1.07. The van der Waals surface area contributed by atoms with Crippen LogP contribution in [0.4, 0.5) is 5.69 Å². The van der Waals surface area contributed by atoms with Gasteiger partial charge in [-0.25, -0.2) is 12.7 Å². The zero-order chi connectivity index (χ0) is 15.0. The second-order valence-corrected chi connectivity index (χ2v) is 7.31. The molecule has 20 heavy (non-hydrogen) atoms. The topological polar surface area (TPSA) is 49.4 Å². The van der Waals surface area contributed by atoms with E-state index < -0.39 is 10.0 Å². The van der Waals surface area contributed by atoms with E-state index in [1.54, 1.807) is 32.3 Å². The molecule has 0 saturated carbocycles. The zero-order valence-electron chi connectivity index (χ0n) is 12.7. The standard InChI is InChI=1S/C15H26N2O2S/c1-4-5-6-7-8-12-16-14-10-9-11-15(13-14)20(18,19)17(2)3/h9-11,13,16H,4-8,12H2,1-3H3. The van der Waals surface area contributed by atoms with E-state index in [9.17, 15) is 8.42 Å². The molecule has 0 heterocycles. The molecule has 0 aliphatic heterocycles. The smallest absolute Gasteiger partial charge is 0.242 e. The minimum absolute atomic E-state index is 0.332. The number of hydrogen-bond donors (Lipinski definition) is 1. The maximum absolute atomic E-state index is 12.0. The van der Waals surface area contributed by atoms with Gasteiger partial charge in [0, 0.05) is 26.3 Å². The fraction of sp³-hybridized carbons (Fsp3) is 0.600. The summed E-state index contributed by atoms with van der Waals surface area (Å²) in [5.74, 6) is 0. The van der Waals surface area contributed by atoms with Crippen molar-refractivity contribution in [2.45, 2.75) is 43.9 Å². The Bertz CT molecular complexity index is 498. The van der Waals surface area contributed by atoms with Gasteiger partial charge in [0.1, 0.15) is 0 Å². The second-order valence-electron chi connectivity index (χ2n) is 5.16. The summed E-state index contributed by atoms with van der Waals surface area (Å²) in [6.07, 6.45) is 6.14. The van der Waals surface area contributed by atoms with Crippen molar-refractivity contribution in [3.05, 3.63) is 24.3 Å². The van der Waals surface area contributed by atoms with Crippen molar-refractivity contribution in [1.82, 2.24) is 4.31 Å². The van der Waals surface area contributed by atoms with Crippen LogP contribution in [-0.2, 0) is 10.0 Å². The van der Waals surface area contributed by atoms with E-state index in [4.69, 9.17) is 0 Å². The fourth-order valence-corrected chi connectivity index (χ4v) is 2.89. The molecule has 0 spiro atoms.